The normalized spacial score (nSPS) is 11.6. The van der Waals surface area contributed by atoms with Crippen LogP contribution in [0.5, 0.6) is 11.5 Å². The second-order valence-corrected chi connectivity index (χ2v) is 8.46. The third-order valence-electron chi connectivity index (χ3n) is 5.40. The molecule has 4 rings (SSSR count). The predicted octanol–water partition coefficient (Wildman–Crippen LogP) is 6.80. The van der Waals surface area contributed by atoms with E-state index in [1.54, 1.807) is 32.4 Å². The number of amides is 1. The summed E-state index contributed by atoms with van der Waals surface area (Å²) in [5, 5.41) is 3.07. The average Bonchev–Trinajstić information content (AvgIpc) is 3.27. The number of carbonyl (C=O) groups excluding carboxylic acids is 1. The summed E-state index contributed by atoms with van der Waals surface area (Å²) in [6.07, 6.45) is 0. The molecular weight excluding hydrogens is 482 g/mol. The van der Waals surface area contributed by atoms with Gasteiger partial charge in [0.25, 0.3) is 5.91 Å². The summed E-state index contributed by atoms with van der Waals surface area (Å²) >= 11 is 3.51. The number of furan rings is 1. The Morgan fingerprint density at radius 2 is 1.58 bits per heavy atom. The summed E-state index contributed by atoms with van der Waals surface area (Å²) in [6, 6.07) is 24.7. The average molecular weight is 506 g/mol. The number of hydrogen-bond donors (Lipinski definition) is 1. The van der Waals surface area contributed by atoms with Crippen LogP contribution in [-0.4, -0.2) is 20.1 Å². The van der Waals surface area contributed by atoms with Gasteiger partial charge in [0.05, 0.1) is 20.1 Å². The molecular formula is C27H24BrNO4. The Morgan fingerprint density at radius 1 is 0.909 bits per heavy atom. The maximum Gasteiger partial charge on any atom is 0.255 e. The molecule has 1 atom stereocenters. The van der Waals surface area contributed by atoms with Crippen molar-refractivity contribution >= 4 is 27.5 Å². The number of carbonyl (C=O) groups is 1. The van der Waals surface area contributed by atoms with Crippen molar-refractivity contribution in [3.63, 3.8) is 0 Å². The van der Waals surface area contributed by atoms with Crippen LogP contribution >= 0.6 is 15.9 Å². The van der Waals surface area contributed by atoms with Crippen molar-refractivity contribution in [1.82, 2.24) is 0 Å². The highest BCUT2D eigenvalue weighted by atomic mass is 79.9. The van der Waals surface area contributed by atoms with Gasteiger partial charge in [-0.25, -0.2) is 0 Å². The van der Waals surface area contributed by atoms with Crippen LogP contribution in [0.4, 0.5) is 5.69 Å². The van der Waals surface area contributed by atoms with Gasteiger partial charge >= 0.3 is 0 Å². The second kappa shape index (κ2) is 9.96. The van der Waals surface area contributed by atoms with E-state index in [2.05, 4.69) is 21.2 Å². The largest absolute Gasteiger partial charge is 0.493 e. The Bertz CT molecular complexity index is 1250. The van der Waals surface area contributed by atoms with Gasteiger partial charge in [0.2, 0.25) is 0 Å². The number of halogens is 1. The van der Waals surface area contributed by atoms with E-state index in [-0.39, 0.29) is 11.8 Å². The molecule has 0 spiro atoms. The third kappa shape index (κ3) is 4.96. The molecule has 3 aromatic carbocycles. The SMILES string of the molecule is COc1cc(NC(=O)c2ccccc2)c(C(c2ccc(Br)cc2)c2ccc(C)o2)cc1OC. The lowest BCUT2D eigenvalue weighted by Crippen LogP contribution is -2.15. The van der Waals surface area contributed by atoms with Crippen molar-refractivity contribution < 1.29 is 18.7 Å². The summed E-state index contributed by atoms with van der Waals surface area (Å²) < 4.78 is 18.2. The van der Waals surface area contributed by atoms with E-state index in [9.17, 15) is 4.79 Å². The lowest BCUT2D eigenvalue weighted by molar-refractivity contribution is 0.102. The number of hydrogen-bond acceptors (Lipinski definition) is 4. The number of anilines is 1. The molecule has 4 aromatic rings. The first-order valence-electron chi connectivity index (χ1n) is 10.4. The van der Waals surface area contributed by atoms with Crippen LogP contribution in [0.3, 0.4) is 0 Å². The lowest BCUT2D eigenvalue weighted by Gasteiger charge is -2.22. The molecule has 5 nitrogen and oxygen atoms in total. The first kappa shape index (κ1) is 22.7. The van der Waals surface area contributed by atoms with Crippen LogP contribution in [0.25, 0.3) is 0 Å². The van der Waals surface area contributed by atoms with Crippen molar-refractivity contribution in [3.8, 4) is 11.5 Å². The van der Waals surface area contributed by atoms with Crippen LogP contribution in [0, 0.1) is 6.92 Å². The fraction of sp³-hybridized carbons (Fsp3) is 0.148. The number of rotatable bonds is 7. The molecule has 0 aliphatic rings. The zero-order valence-corrected chi connectivity index (χ0v) is 20.2. The minimum Gasteiger partial charge on any atom is -0.493 e. The van der Waals surface area contributed by atoms with Crippen molar-refractivity contribution in [1.29, 1.82) is 0 Å². The van der Waals surface area contributed by atoms with E-state index in [4.69, 9.17) is 13.9 Å². The molecule has 1 amide bonds. The van der Waals surface area contributed by atoms with Crippen molar-refractivity contribution in [2.75, 3.05) is 19.5 Å². The van der Waals surface area contributed by atoms with Gasteiger partial charge in [0.15, 0.2) is 11.5 Å². The van der Waals surface area contributed by atoms with Gasteiger partial charge in [-0.05, 0) is 60.5 Å². The third-order valence-corrected chi connectivity index (χ3v) is 5.93. The molecule has 0 aliphatic carbocycles. The summed E-state index contributed by atoms with van der Waals surface area (Å²) in [5.41, 5.74) is 3.01. The quantitative estimate of drug-likeness (QED) is 0.300. The first-order valence-corrected chi connectivity index (χ1v) is 11.2. The zero-order valence-electron chi connectivity index (χ0n) is 18.6. The summed E-state index contributed by atoms with van der Waals surface area (Å²) in [7, 11) is 3.16. The number of ether oxygens (including phenoxy) is 2. The van der Waals surface area contributed by atoms with Gasteiger partial charge in [-0.15, -0.1) is 0 Å². The Morgan fingerprint density at radius 3 is 2.18 bits per heavy atom. The van der Waals surface area contributed by atoms with Gasteiger partial charge in [-0.2, -0.15) is 0 Å². The second-order valence-electron chi connectivity index (χ2n) is 7.55. The molecule has 0 saturated carbocycles. The number of aryl methyl sites for hydroxylation is 1. The van der Waals surface area contributed by atoms with Gasteiger partial charge < -0.3 is 19.2 Å². The molecule has 1 unspecified atom stereocenters. The monoisotopic (exact) mass is 505 g/mol. The highest BCUT2D eigenvalue weighted by Gasteiger charge is 2.26. The highest BCUT2D eigenvalue weighted by molar-refractivity contribution is 9.10. The standard InChI is InChI=1S/C27H24BrNO4/c1-17-9-14-23(33-17)26(18-10-12-20(28)13-11-18)21-15-24(31-2)25(32-3)16-22(21)29-27(30)19-7-5-4-6-8-19/h4-16,26H,1-3H3,(H,29,30). The summed E-state index contributed by atoms with van der Waals surface area (Å²) in [4.78, 5) is 13.1. The molecule has 6 heteroatoms. The predicted molar refractivity (Wildman–Crippen MR) is 132 cm³/mol. The van der Waals surface area contributed by atoms with Gasteiger partial charge in [0, 0.05) is 21.8 Å². The van der Waals surface area contributed by atoms with E-state index >= 15 is 0 Å². The smallest absolute Gasteiger partial charge is 0.255 e. The van der Waals surface area contributed by atoms with Crippen LogP contribution in [0.1, 0.15) is 38.9 Å². The fourth-order valence-corrected chi connectivity index (χ4v) is 4.05. The van der Waals surface area contributed by atoms with Crippen molar-refractivity contribution in [2.24, 2.45) is 0 Å². The molecule has 1 heterocycles. The maximum absolute atomic E-state index is 13.1. The van der Waals surface area contributed by atoms with Crippen molar-refractivity contribution in [3.05, 3.63) is 112 Å². The molecule has 33 heavy (non-hydrogen) atoms. The fourth-order valence-electron chi connectivity index (χ4n) is 3.79. The number of methoxy groups -OCH3 is 2. The Hall–Kier alpha value is -3.51. The Labute approximate surface area is 201 Å². The van der Waals surface area contributed by atoms with E-state index in [1.165, 1.54) is 0 Å². The van der Waals surface area contributed by atoms with Crippen molar-refractivity contribution in [2.45, 2.75) is 12.8 Å². The number of nitrogens with one attached hydrogen (secondary N) is 1. The van der Waals surface area contributed by atoms with E-state index in [1.807, 2.05) is 67.6 Å². The minimum atomic E-state index is -0.280. The van der Waals surface area contributed by atoms with E-state index in [0.717, 1.165) is 27.1 Å². The molecule has 168 valence electrons. The molecule has 0 bridgehead atoms. The van der Waals surface area contributed by atoms with Crippen LogP contribution in [0.15, 0.2) is 87.8 Å². The summed E-state index contributed by atoms with van der Waals surface area (Å²) in [5.74, 6) is 2.16. The van der Waals surface area contributed by atoms with Gasteiger partial charge in [-0.1, -0.05) is 46.3 Å². The van der Waals surface area contributed by atoms with Crippen LogP contribution < -0.4 is 14.8 Å². The molecule has 0 fully saturated rings. The first-order chi connectivity index (χ1) is 16.0. The van der Waals surface area contributed by atoms with Gasteiger partial charge in [-0.3, -0.25) is 4.79 Å². The Balaban J connectivity index is 1.89. The van der Waals surface area contributed by atoms with E-state index < -0.39 is 0 Å². The minimum absolute atomic E-state index is 0.214. The molecule has 0 saturated heterocycles. The maximum atomic E-state index is 13.1. The molecule has 0 aliphatic heterocycles. The Kier molecular flexibility index (Phi) is 6.84. The molecule has 0 radical (unpaired) electrons. The van der Waals surface area contributed by atoms with Gasteiger partial charge in [0.1, 0.15) is 11.5 Å². The zero-order chi connectivity index (χ0) is 23.4. The molecule has 1 aromatic heterocycles. The highest BCUT2D eigenvalue weighted by Crippen LogP contribution is 2.42. The van der Waals surface area contributed by atoms with Crippen LogP contribution in [-0.2, 0) is 0 Å². The molecule has 1 N–H and O–H groups in total. The van der Waals surface area contributed by atoms with E-state index in [0.29, 0.717) is 22.7 Å². The summed E-state index contributed by atoms with van der Waals surface area (Å²) in [6.45, 7) is 1.91. The topological polar surface area (TPSA) is 60.7 Å². The lowest BCUT2D eigenvalue weighted by atomic mass is 9.87. The van der Waals surface area contributed by atoms with Crippen LogP contribution in [0.2, 0.25) is 0 Å². The number of benzene rings is 3.